The van der Waals surface area contributed by atoms with E-state index in [1.54, 1.807) is 68.4 Å². The summed E-state index contributed by atoms with van der Waals surface area (Å²) in [6, 6.07) is 65.4. The Morgan fingerprint density at radius 2 is 0.664 bits per heavy atom. The van der Waals surface area contributed by atoms with Crippen LogP contribution in [0.25, 0.3) is 112 Å². The summed E-state index contributed by atoms with van der Waals surface area (Å²) in [5, 5.41) is 0. The first-order chi connectivity index (χ1) is 56.6. The van der Waals surface area contributed by atoms with Gasteiger partial charge < -0.3 is 0 Å². The molecule has 14 heterocycles. The fraction of sp³-hybridized carbons (Fsp3) is 0.0947. The lowest BCUT2D eigenvalue weighted by molar-refractivity contribution is 0.509. The van der Waals surface area contributed by atoms with E-state index in [0.717, 1.165) is 175 Å². The lowest BCUT2D eigenvalue weighted by atomic mass is 9.96. The second kappa shape index (κ2) is 33.9. The molecule has 0 fully saturated rings. The van der Waals surface area contributed by atoms with E-state index in [2.05, 4.69) is 143 Å². The van der Waals surface area contributed by atoms with E-state index in [1.165, 1.54) is 41.6 Å². The Kier molecular flexibility index (Phi) is 22.2. The third-order valence-electron chi connectivity index (χ3n) is 19.8. The van der Waals surface area contributed by atoms with Crippen LogP contribution < -0.4 is 0 Å². The van der Waals surface area contributed by atoms with Gasteiger partial charge in [0.25, 0.3) is 0 Å². The topological polar surface area (TPSA) is 212 Å². The van der Waals surface area contributed by atoms with Crippen molar-refractivity contribution in [2.24, 2.45) is 25.0 Å². The van der Waals surface area contributed by atoms with Gasteiger partial charge in [0.1, 0.15) is 11.6 Å². The Balaban J connectivity index is 0.000000109. The van der Waals surface area contributed by atoms with Gasteiger partial charge in [0.15, 0.2) is 21.5 Å². The van der Waals surface area contributed by atoms with Crippen molar-refractivity contribution in [1.82, 2.24) is 44.9 Å². The molecule has 6 aromatic carbocycles. The Morgan fingerprint density at radius 1 is 0.302 bits per heavy atom. The van der Waals surface area contributed by atoms with Crippen LogP contribution in [0.4, 0.5) is 17.6 Å². The number of hydrogen-bond acceptors (Lipinski definition) is 16. The van der Waals surface area contributed by atoms with Gasteiger partial charge in [-0.2, -0.15) is 0 Å². The van der Waals surface area contributed by atoms with Crippen molar-refractivity contribution in [1.29, 1.82) is 0 Å². The molecule has 0 radical (unpaired) electrons. The quantitative estimate of drug-likeness (QED) is 0.105. The third-order valence-corrected chi connectivity index (χ3v) is 20.7. The Bertz CT molecular complexity index is 6420. The molecule has 16 nitrogen and oxygen atoms in total. The highest BCUT2D eigenvalue weighted by atomic mass is 32.2. The molecule has 0 aliphatic carbocycles. The zero-order valence-electron chi connectivity index (χ0n) is 63.0. The van der Waals surface area contributed by atoms with Crippen LogP contribution in [0.3, 0.4) is 0 Å². The zero-order chi connectivity index (χ0) is 79.7. The zero-order valence-corrected chi connectivity index (χ0v) is 63.8. The highest BCUT2D eigenvalue weighted by Gasteiger charge is 2.21. The number of aliphatic imine (C=N–C) groups is 5. The van der Waals surface area contributed by atoms with Crippen molar-refractivity contribution in [3.05, 3.63) is 364 Å². The molecular weight excluding hydrogens is 1480 g/mol. The number of fused-ring (bicyclic) bond motifs is 5. The van der Waals surface area contributed by atoms with Crippen LogP contribution in [0, 0.1) is 37.1 Å². The molecule has 9 aromatic heterocycles. The van der Waals surface area contributed by atoms with Crippen molar-refractivity contribution in [2.45, 2.75) is 52.3 Å². The lowest BCUT2D eigenvalue weighted by Crippen LogP contribution is -2.01. The van der Waals surface area contributed by atoms with Gasteiger partial charge in [-0.1, -0.05) is 84.4 Å². The molecular formula is C95H70F4N14O2S. The predicted octanol–water partition coefficient (Wildman–Crippen LogP) is 20.0. The van der Waals surface area contributed by atoms with Crippen LogP contribution in [-0.4, -0.2) is 90.6 Å². The summed E-state index contributed by atoms with van der Waals surface area (Å²) >= 11 is 0. The molecule has 0 amide bonds. The smallest absolute Gasteiger partial charge is 0.159 e. The van der Waals surface area contributed by atoms with Crippen LogP contribution in [0.5, 0.6) is 0 Å². The summed E-state index contributed by atoms with van der Waals surface area (Å²) in [6.45, 7) is 7.17. The van der Waals surface area contributed by atoms with Crippen LogP contribution >= 0.6 is 0 Å². The van der Waals surface area contributed by atoms with Crippen molar-refractivity contribution >= 4 is 40.9 Å². The molecule has 566 valence electrons. The van der Waals surface area contributed by atoms with Gasteiger partial charge in [-0.25, -0.2) is 26.0 Å². The van der Waals surface area contributed by atoms with Crippen LogP contribution in [0.15, 0.2) is 293 Å². The summed E-state index contributed by atoms with van der Waals surface area (Å²) < 4.78 is 76.6. The maximum absolute atomic E-state index is 13.5. The molecule has 0 atom stereocenters. The molecule has 0 saturated carbocycles. The van der Waals surface area contributed by atoms with Gasteiger partial charge >= 0.3 is 0 Å². The van der Waals surface area contributed by atoms with E-state index in [4.69, 9.17) is 0 Å². The van der Waals surface area contributed by atoms with Crippen molar-refractivity contribution < 1.29 is 26.0 Å². The number of sulfone groups is 1. The van der Waals surface area contributed by atoms with Crippen LogP contribution in [0.2, 0.25) is 0 Å². The summed E-state index contributed by atoms with van der Waals surface area (Å²) in [5.74, 6) is -2.20. The highest BCUT2D eigenvalue weighted by Crippen LogP contribution is 2.38. The fourth-order valence-corrected chi connectivity index (χ4v) is 14.9. The lowest BCUT2D eigenvalue weighted by Gasteiger charge is -2.11. The SMILES string of the molecule is CS(=O)(=O)Cc1cccc(-c2ncccc2-c2ccc3c(c2)C=NC3)c1.Cc1cc(-c2ncccc2-c2cnc3c(c2)C=NC3)ccc1F.Cc1cccc(-c2ncccc2-c2cnc3c(c2)C=NC3)c1.Fc1ccc(-c2ncccc2-c2cnc3c(c2)C=NC3)cc1.Fc1ccc(-c2ncccc2-c2cnc3c(c2)C=NC3)cc1F. The van der Waals surface area contributed by atoms with Crippen molar-refractivity contribution in [3.8, 4) is 112 Å². The molecule has 21 heteroatoms. The predicted molar refractivity (Wildman–Crippen MR) is 451 cm³/mol. The average Bonchev–Trinajstić information content (AvgIpc) is 1.47. The molecule has 20 rings (SSSR count). The maximum atomic E-state index is 13.5. The Morgan fingerprint density at radius 3 is 1.09 bits per heavy atom. The molecule has 0 unspecified atom stereocenters. The monoisotopic (exact) mass is 1550 g/mol. The van der Waals surface area contributed by atoms with Crippen LogP contribution in [-0.2, 0) is 48.3 Å². The van der Waals surface area contributed by atoms with E-state index in [0.29, 0.717) is 43.0 Å². The average molecular weight is 1550 g/mol. The van der Waals surface area contributed by atoms with Gasteiger partial charge in [-0.15, -0.1) is 0 Å². The molecule has 15 aromatic rings. The molecule has 5 aliphatic heterocycles. The number of benzene rings is 6. The van der Waals surface area contributed by atoms with Crippen LogP contribution in [0.1, 0.15) is 72.8 Å². The number of pyridine rings is 9. The minimum Gasteiger partial charge on any atom is -0.288 e. The van der Waals surface area contributed by atoms with Gasteiger partial charge in [-0.05, 0) is 175 Å². The van der Waals surface area contributed by atoms with Crippen molar-refractivity contribution in [3.63, 3.8) is 0 Å². The fourth-order valence-electron chi connectivity index (χ4n) is 14.1. The first-order valence-electron chi connectivity index (χ1n) is 37.2. The summed E-state index contributed by atoms with van der Waals surface area (Å²) in [7, 11) is -3.08. The summed E-state index contributed by atoms with van der Waals surface area (Å²) in [4.78, 5) is 61.7. The van der Waals surface area contributed by atoms with E-state index in [-0.39, 0.29) is 17.4 Å². The standard InChI is InChI=1S/C21H18N2O2S.C19H14FN3.C19H15N3.C18H11F2N3.C18H12FN3/c1-26(24,25)14-15-4-2-5-17(10-15)21-20(6-3-9-23-21)16-7-8-18-12-22-13-19(18)11-16;1-12-7-13(4-5-17(12)20)19-16(3-2-6-22-19)14-8-15-9-21-11-18(15)23-10-14;1-13-4-2-5-14(8-13)19-17(6-3-7-21-19)15-9-16-10-20-12-18(16)22-11-15;19-15-4-3-11(7-16(15)20)18-14(2-1-5-22-18)12-6-13-8-21-10-17(13)23-9-12;19-15-5-3-12(4-6-15)18-16(2-1-7-21-18)13-8-14-9-20-11-17(14)22-10-13/h2-11,13H,12,14H2,1H3;2-10H,11H2,1H3;2-11H,12H2,1H3;1-9H,10H2;1-10H,11H2. The Hall–Kier alpha value is -14.3. The van der Waals surface area contributed by atoms with E-state index in [1.807, 2.05) is 135 Å². The highest BCUT2D eigenvalue weighted by molar-refractivity contribution is 7.89. The molecule has 0 bridgehead atoms. The van der Waals surface area contributed by atoms with Gasteiger partial charge in [-0.3, -0.25) is 69.8 Å². The number of aryl methyl sites for hydroxylation is 2. The van der Waals surface area contributed by atoms with Gasteiger partial charge in [0.05, 0.1) is 89.7 Å². The first-order valence-corrected chi connectivity index (χ1v) is 39.3. The number of halogens is 4. The van der Waals surface area contributed by atoms with Gasteiger partial charge in [0, 0.05) is 193 Å². The number of nitrogens with zero attached hydrogens (tertiary/aromatic N) is 14. The molecule has 0 spiro atoms. The van der Waals surface area contributed by atoms with E-state index in [9.17, 15) is 26.0 Å². The minimum atomic E-state index is -3.08. The number of hydrogen-bond donors (Lipinski definition) is 0. The van der Waals surface area contributed by atoms with E-state index < -0.39 is 21.5 Å². The largest absolute Gasteiger partial charge is 0.288 e. The number of rotatable bonds is 12. The first kappa shape index (κ1) is 75.7. The molecule has 5 aliphatic rings. The summed E-state index contributed by atoms with van der Waals surface area (Å²) in [5.41, 5.74) is 31.4. The third kappa shape index (κ3) is 17.3. The Labute approximate surface area is 667 Å². The van der Waals surface area contributed by atoms with E-state index >= 15 is 0 Å². The molecule has 0 N–H and O–H groups in total. The molecule has 0 saturated heterocycles. The van der Waals surface area contributed by atoms with Gasteiger partial charge in [0.2, 0.25) is 0 Å². The summed E-state index contributed by atoms with van der Waals surface area (Å²) in [6.07, 6.45) is 26.6. The second-order valence-corrected chi connectivity index (χ2v) is 30.2. The minimum absolute atomic E-state index is 0.0261. The van der Waals surface area contributed by atoms with Crippen molar-refractivity contribution in [2.75, 3.05) is 6.26 Å². The maximum Gasteiger partial charge on any atom is 0.159 e. The molecule has 116 heavy (non-hydrogen) atoms. The number of aromatic nitrogens is 9. The second-order valence-electron chi connectivity index (χ2n) is 28.0. The normalized spacial score (nSPS) is 12.5.